The maximum Gasteiger partial charge on any atom is 0.0751 e. The summed E-state index contributed by atoms with van der Waals surface area (Å²) in [7, 11) is 0. The third-order valence-corrected chi connectivity index (χ3v) is 3.59. The van der Waals surface area contributed by atoms with Crippen molar-refractivity contribution in [3.05, 3.63) is 27.7 Å². The van der Waals surface area contributed by atoms with Gasteiger partial charge < -0.3 is 10.1 Å². The number of hydrogen-bond donors (Lipinski definition) is 1. The molecule has 4 heteroatoms. The maximum absolute atomic E-state index is 6.09. The van der Waals surface area contributed by atoms with Crippen LogP contribution in [0.1, 0.15) is 19.8 Å². The molecule has 1 N–H and O–H groups in total. The van der Waals surface area contributed by atoms with E-state index >= 15 is 0 Å². The minimum Gasteiger partial charge on any atom is -0.381 e. The second-order valence-corrected chi connectivity index (χ2v) is 5.47. The van der Waals surface area contributed by atoms with Gasteiger partial charge in [-0.2, -0.15) is 0 Å². The van der Waals surface area contributed by atoms with E-state index in [2.05, 4.69) is 28.2 Å². The lowest BCUT2D eigenvalue weighted by Crippen LogP contribution is -2.19. The highest BCUT2D eigenvalue weighted by Gasteiger charge is 2.21. The Bertz CT molecular complexity index is 372. The van der Waals surface area contributed by atoms with Gasteiger partial charge in [0, 0.05) is 11.0 Å². The number of anilines is 1. The minimum atomic E-state index is 0.310. The van der Waals surface area contributed by atoms with Crippen molar-refractivity contribution in [2.75, 3.05) is 11.9 Å². The predicted molar refractivity (Wildman–Crippen MR) is 71.2 cm³/mol. The normalized spacial score (nSPS) is 24.7. The van der Waals surface area contributed by atoms with E-state index in [1.54, 1.807) is 0 Å². The monoisotopic (exact) mass is 303 g/mol. The molecule has 1 saturated heterocycles. The van der Waals surface area contributed by atoms with E-state index in [-0.39, 0.29) is 0 Å². The van der Waals surface area contributed by atoms with Crippen molar-refractivity contribution >= 4 is 33.2 Å². The van der Waals surface area contributed by atoms with Crippen molar-refractivity contribution in [3.63, 3.8) is 0 Å². The van der Waals surface area contributed by atoms with Gasteiger partial charge in [-0.15, -0.1) is 0 Å². The van der Waals surface area contributed by atoms with Gasteiger partial charge in [0.2, 0.25) is 0 Å². The maximum atomic E-state index is 6.09. The predicted octanol–water partition coefficient (Wildman–Crippen LogP) is 4.08. The Morgan fingerprint density at radius 2 is 2.31 bits per heavy atom. The Balaban J connectivity index is 1.91. The zero-order valence-electron chi connectivity index (χ0n) is 9.17. The van der Waals surface area contributed by atoms with Gasteiger partial charge in [0.05, 0.1) is 22.9 Å². The minimum absolute atomic E-state index is 0.310. The molecule has 0 radical (unpaired) electrons. The zero-order valence-corrected chi connectivity index (χ0v) is 11.5. The van der Waals surface area contributed by atoms with Crippen LogP contribution in [0, 0.1) is 0 Å². The first-order valence-corrected chi connectivity index (χ1v) is 6.66. The first-order chi connectivity index (χ1) is 7.65. The molecule has 0 aliphatic carbocycles. The van der Waals surface area contributed by atoms with E-state index < -0.39 is 0 Å². The van der Waals surface area contributed by atoms with Crippen LogP contribution in [0.25, 0.3) is 0 Å². The Labute approximate surface area is 109 Å². The van der Waals surface area contributed by atoms with Crippen LogP contribution >= 0.6 is 27.5 Å². The molecule has 1 aliphatic rings. The van der Waals surface area contributed by atoms with Crippen LogP contribution < -0.4 is 5.32 Å². The third kappa shape index (κ3) is 3.12. The number of hydrogen-bond acceptors (Lipinski definition) is 2. The largest absolute Gasteiger partial charge is 0.381 e. The molecular weight excluding hydrogens is 289 g/mol. The van der Waals surface area contributed by atoms with Crippen molar-refractivity contribution in [2.45, 2.75) is 32.0 Å². The van der Waals surface area contributed by atoms with Crippen molar-refractivity contribution in [1.29, 1.82) is 0 Å². The third-order valence-electron chi connectivity index (χ3n) is 2.77. The summed E-state index contributed by atoms with van der Waals surface area (Å²) in [6.45, 7) is 2.94. The van der Waals surface area contributed by atoms with Crippen LogP contribution in [0.2, 0.25) is 5.02 Å². The van der Waals surface area contributed by atoms with Crippen molar-refractivity contribution in [3.8, 4) is 0 Å². The summed E-state index contributed by atoms with van der Waals surface area (Å²) in [5.74, 6) is 0. The van der Waals surface area contributed by atoms with Gasteiger partial charge in [0.1, 0.15) is 0 Å². The molecule has 1 heterocycles. The fraction of sp³-hybridized carbons (Fsp3) is 0.500. The molecule has 0 aromatic heterocycles. The fourth-order valence-electron chi connectivity index (χ4n) is 1.89. The van der Waals surface area contributed by atoms with E-state index in [9.17, 15) is 0 Å². The van der Waals surface area contributed by atoms with Crippen LogP contribution in [0.3, 0.4) is 0 Å². The summed E-state index contributed by atoms with van der Waals surface area (Å²) < 4.78 is 6.76. The van der Waals surface area contributed by atoms with Crippen LogP contribution in [-0.2, 0) is 4.74 Å². The Morgan fingerprint density at radius 1 is 1.50 bits per heavy atom. The number of ether oxygens (including phenoxy) is 1. The van der Waals surface area contributed by atoms with E-state index in [0.29, 0.717) is 12.2 Å². The molecule has 2 atom stereocenters. The Hall–Kier alpha value is -0.250. The van der Waals surface area contributed by atoms with Gasteiger partial charge >= 0.3 is 0 Å². The SMILES string of the molecule is CC1CCC(CNc2cc(Br)ccc2Cl)O1. The van der Waals surface area contributed by atoms with E-state index in [4.69, 9.17) is 16.3 Å². The molecule has 2 nitrogen and oxygen atoms in total. The number of rotatable bonds is 3. The second kappa shape index (κ2) is 5.39. The van der Waals surface area contributed by atoms with Gasteiger partial charge in [0.15, 0.2) is 0 Å². The van der Waals surface area contributed by atoms with Crippen molar-refractivity contribution in [1.82, 2.24) is 0 Å². The highest BCUT2D eigenvalue weighted by Crippen LogP contribution is 2.26. The molecule has 1 aliphatic heterocycles. The first-order valence-electron chi connectivity index (χ1n) is 5.49. The van der Waals surface area contributed by atoms with E-state index in [1.807, 2.05) is 18.2 Å². The molecule has 0 saturated carbocycles. The number of nitrogens with one attached hydrogen (secondary N) is 1. The van der Waals surface area contributed by atoms with Crippen LogP contribution in [0.4, 0.5) is 5.69 Å². The molecular formula is C12H15BrClNO. The molecule has 1 aromatic rings. The molecule has 2 unspecified atom stereocenters. The molecule has 0 bridgehead atoms. The smallest absolute Gasteiger partial charge is 0.0751 e. The summed E-state index contributed by atoms with van der Waals surface area (Å²) in [5, 5.41) is 4.07. The highest BCUT2D eigenvalue weighted by molar-refractivity contribution is 9.10. The molecule has 1 fully saturated rings. The van der Waals surface area contributed by atoms with Crippen molar-refractivity contribution in [2.24, 2.45) is 0 Å². The summed E-state index contributed by atoms with van der Waals surface area (Å²) >= 11 is 9.52. The lowest BCUT2D eigenvalue weighted by atomic mass is 10.2. The number of benzene rings is 1. The average Bonchev–Trinajstić information content (AvgIpc) is 2.66. The first kappa shape index (κ1) is 12.2. The van der Waals surface area contributed by atoms with Gasteiger partial charge in [-0.05, 0) is 38.0 Å². The lowest BCUT2D eigenvalue weighted by molar-refractivity contribution is 0.0637. The topological polar surface area (TPSA) is 21.3 Å². The molecule has 88 valence electrons. The molecule has 1 aromatic carbocycles. The van der Waals surface area contributed by atoms with E-state index in [1.165, 1.54) is 0 Å². The lowest BCUT2D eigenvalue weighted by Gasteiger charge is -2.14. The van der Waals surface area contributed by atoms with Crippen LogP contribution in [-0.4, -0.2) is 18.8 Å². The van der Waals surface area contributed by atoms with E-state index in [0.717, 1.165) is 34.6 Å². The average molecular weight is 305 g/mol. The summed E-state index contributed by atoms with van der Waals surface area (Å²) in [5.41, 5.74) is 0.958. The van der Waals surface area contributed by atoms with Gasteiger partial charge in [0.25, 0.3) is 0 Å². The summed E-state index contributed by atoms with van der Waals surface area (Å²) in [4.78, 5) is 0. The fourth-order valence-corrected chi connectivity index (χ4v) is 2.44. The standard InChI is InChI=1S/C12H15BrClNO/c1-8-2-4-10(16-8)7-15-12-6-9(13)3-5-11(12)14/h3,5-6,8,10,15H,2,4,7H2,1H3. The van der Waals surface area contributed by atoms with Crippen molar-refractivity contribution < 1.29 is 4.74 Å². The highest BCUT2D eigenvalue weighted by atomic mass is 79.9. The molecule has 2 rings (SSSR count). The summed E-state index contributed by atoms with van der Waals surface area (Å²) in [6, 6.07) is 5.80. The molecule has 0 spiro atoms. The zero-order chi connectivity index (χ0) is 11.5. The van der Waals surface area contributed by atoms with Gasteiger partial charge in [-0.3, -0.25) is 0 Å². The molecule has 16 heavy (non-hydrogen) atoms. The second-order valence-electron chi connectivity index (χ2n) is 4.15. The van der Waals surface area contributed by atoms with Crippen LogP contribution in [0.5, 0.6) is 0 Å². The quantitative estimate of drug-likeness (QED) is 0.908. The molecule has 0 amide bonds. The van der Waals surface area contributed by atoms with Gasteiger partial charge in [-0.25, -0.2) is 0 Å². The van der Waals surface area contributed by atoms with Gasteiger partial charge in [-0.1, -0.05) is 27.5 Å². The summed E-state index contributed by atoms with van der Waals surface area (Å²) in [6.07, 6.45) is 2.98. The Kier molecular flexibility index (Phi) is 4.11. The number of halogens is 2. The Morgan fingerprint density at radius 3 is 3.00 bits per heavy atom. The van der Waals surface area contributed by atoms with Crippen LogP contribution in [0.15, 0.2) is 22.7 Å².